The summed E-state index contributed by atoms with van der Waals surface area (Å²) in [4.78, 5) is 0. The molecule has 0 spiro atoms. The minimum atomic E-state index is -0.654. The molecular formula is C18H21N3O4. The van der Waals surface area contributed by atoms with Gasteiger partial charge in [0.25, 0.3) is 0 Å². The van der Waals surface area contributed by atoms with Gasteiger partial charge in [-0.05, 0) is 19.4 Å². The normalized spacial score (nSPS) is 35.2. The molecule has 0 radical (unpaired) electrons. The number of nitrogens with zero attached hydrogens (tertiary/aromatic N) is 3. The average molecular weight is 343 g/mol. The van der Waals surface area contributed by atoms with Crippen molar-refractivity contribution in [1.29, 1.82) is 0 Å². The third kappa shape index (κ3) is 2.58. The van der Waals surface area contributed by atoms with E-state index in [9.17, 15) is 0 Å². The van der Waals surface area contributed by atoms with Crippen LogP contribution in [-0.2, 0) is 32.0 Å². The number of hydrogen-bond acceptors (Lipinski definition) is 6. The van der Waals surface area contributed by atoms with E-state index in [1.54, 1.807) is 6.20 Å². The minimum Gasteiger partial charge on any atom is -0.370 e. The molecule has 0 amide bonds. The van der Waals surface area contributed by atoms with Gasteiger partial charge < -0.3 is 18.9 Å². The van der Waals surface area contributed by atoms with E-state index in [4.69, 9.17) is 18.9 Å². The van der Waals surface area contributed by atoms with Crippen molar-refractivity contribution in [2.24, 2.45) is 0 Å². The van der Waals surface area contributed by atoms with Gasteiger partial charge in [0.05, 0.1) is 24.6 Å². The van der Waals surface area contributed by atoms with Crippen LogP contribution in [0.5, 0.6) is 0 Å². The Bertz CT molecular complexity index is 763. The third-order valence-electron chi connectivity index (χ3n) is 5.07. The van der Waals surface area contributed by atoms with E-state index < -0.39 is 12.1 Å². The SMILES string of the molecule is CC1(C)O[C@H]2O[C@H]3[C@@H]([C@H]2O1)n1nncc1C[C@H]3OCc1ccccc1. The molecule has 2 saturated heterocycles. The lowest BCUT2D eigenvalue weighted by Gasteiger charge is -2.35. The summed E-state index contributed by atoms with van der Waals surface area (Å²) >= 11 is 0. The second-order valence-electron chi connectivity index (χ2n) is 7.27. The summed E-state index contributed by atoms with van der Waals surface area (Å²) in [5, 5.41) is 8.33. The lowest BCUT2D eigenvalue weighted by Crippen LogP contribution is -2.45. The largest absolute Gasteiger partial charge is 0.370 e. The van der Waals surface area contributed by atoms with Crippen LogP contribution in [0.4, 0.5) is 0 Å². The number of aromatic nitrogens is 3. The molecule has 1 aromatic carbocycles. The zero-order valence-corrected chi connectivity index (χ0v) is 14.2. The summed E-state index contributed by atoms with van der Waals surface area (Å²) < 4.78 is 26.3. The van der Waals surface area contributed by atoms with Crippen LogP contribution in [0, 0.1) is 0 Å². The summed E-state index contributed by atoms with van der Waals surface area (Å²) in [5.41, 5.74) is 2.18. The van der Waals surface area contributed by atoms with Gasteiger partial charge in [-0.2, -0.15) is 0 Å². The molecule has 7 heteroatoms. The highest BCUT2D eigenvalue weighted by atomic mass is 16.8. The lowest BCUT2D eigenvalue weighted by molar-refractivity contribution is -0.225. The number of benzene rings is 1. The molecule has 5 atom stereocenters. The molecule has 2 aromatic rings. The standard InChI is InChI=1S/C18H21N3O4/c1-18(2)24-16-14-15(23-17(16)25-18)13(8-12-9-19-20-21(12)14)22-10-11-6-4-3-5-7-11/h3-7,9,13-17H,8,10H2,1-2H3/t13-,14+,15-,16-,17-/m1/s1. The Hall–Kier alpha value is -1.80. The molecule has 0 bridgehead atoms. The van der Waals surface area contributed by atoms with Crippen molar-refractivity contribution in [3.05, 3.63) is 47.8 Å². The van der Waals surface area contributed by atoms with Crippen LogP contribution in [0.2, 0.25) is 0 Å². The number of rotatable bonds is 3. The molecule has 0 aliphatic carbocycles. The first kappa shape index (κ1) is 15.5. The summed E-state index contributed by atoms with van der Waals surface area (Å²) in [6.07, 6.45) is 1.65. The van der Waals surface area contributed by atoms with Crippen LogP contribution in [-0.4, -0.2) is 45.4 Å². The first-order chi connectivity index (χ1) is 12.1. The molecule has 1 aromatic heterocycles. The molecule has 132 valence electrons. The van der Waals surface area contributed by atoms with Gasteiger partial charge in [0.1, 0.15) is 18.2 Å². The Kier molecular flexibility index (Phi) is 3.46. The molecule has 5 rings (SSSR count). The fourth-order valence-corrected chi connectivity index (χ4v) is 4.02. The first-order valence-corrected chi connectivity index (χ1v) is 8.66. The van der Waals surface area contributed by atoms with E-state index in [2.05, 4.69) is 22.4 Å². The Labute approximate surface area is 145 Å². The highest BCUT2D eigenvalue weighted by Crippen LogP contribution is 2.46. The topological polar surface area (TPSA) is 67.6 Å². The summed E-state index contributed by atoms with van der Waals surface area (Å²) in [6.45, 7) is 4.35. The Morgan fingerprint density at radius 3 is 2.88 bits per heavy atom. The molecular weight excluding hydrogens is 322 g/mol. The van der Waals surface area contributed by atoms with Crippen LogP contribution in [0.25, 0.3) is 0 Å². The number of fused-ring (bicyclic) bond motifs is 5. The van der Waals surface area contributed by atoms with Crippen LogP contribution in [0.3, 0.4) is 0 Å². The Balaban J connectivity index is 1.40. The van der Waals surface area contributed by atoms with Gasteiger partial charge in [0.2, 0.25) is 0 Å². The zero-order valence-electron chi connectivity index (χ0n) is 14.2. The Morgan fingerprint density at radius 1 is 1.20 bits per heavy atom. The van der Waals surface area contributed by atoms with Crippen molar-refractivity contribution in [3.63, 3.8) is 0 Å². The van der Waals surface area contributed by atoms with Gasteiger partial charge in [0, 0.05) is 6.42 Å². The molecule has 4 heterocycles. The van der Waals surface area contributed by atoms with Crippen molar-refractivity contribution in [3.8, 4) is 0 Å². The summed E-state index contributed by atoms with van der Waals surface area (Å²) in [6, 6.07) is 10.1. The van der Waals surface area contributed by atoms with E-state index in [0.717, 1.165) is 11.3 Å². The van der Waals surface area contributed by atoms with Crippen LogP contribution < -0.4 is 0 Å². The zero-order chi connectivity index (χ0) is 17.0. The molecule has 3 aliphatic rings. The fraction of sp³-hybridized carbons (Fsp3) is 0.556. The minimum absolute atomic E-state index is 0.0844. The van der Waals surface area contributed by atoms with Crippen molar-refractivity contribution < 1.29 is 18.9 Å². The van der Waals surface area contributed by atoms with Crippen molar-refractivity contribution in [2.45, 2.75) is 63.3 Å². The van der Waals surface area contributed by atoms with Gasteiger partial charge in [-0.3, -0.25) is 0 Å². The Morgan fingerprint density at radius 2 is 2.04 bits per heavy atom. The number of ether oxygens (including phenoxy) is 4. The third-order valence-corrected chi connectivity index (χ3v) is 5.07. The molecule has 0 unspecified atom stereocenters. The summed E-state index contributed by atoms with van der Waals surface area (Å²) in [5.74, 6) is -0.654. The van der Waals surface area contributed by atoms with Gasteiger partial charge in [0.15, 0.2) is 12.1 Å². The quantitative estimate of drug-likeness (QED) is 0.847. The lowest BCUT2D eigenvalue weighted by atomic mass is 9.95. The maximum atomic E-state index is 6.22. The number of hydrogen-bond donors (Lipinski definition) is 0. The molecule has 0 N–H and O–H groups in total. The second kappa shape index (κ2) is 5.60. The molecule has 2 fully saturated rings. The molecule has 0 saturated carbocycles. The van der Waals surface area contributed by atoms with E-state index >= 15 is 0 Å². The van der Waals surface area contributed by atoms with Gasteiger partial charge >= 0.3 is 0 Å². The van der Waals surface area contributed by atoms with Gasteiger partial charge in [-0.1, -0.05) is 35.5 Å². The van der Waals surface area contributed by atoms with Crippen LogP contribution in [0.15, 0.2) is 36.5 Å². The fourth-order valence-electron chi connectivity index (χ4n) is 4.02. The average Bonchev–Trinajstić information content (AvgIpc) is 3.25. The smallest absolute Gasteiger partial charge is 0.189 e. The maximum Gasteiger partial charge on any atom is 0.189 e. The second-order valence-corrected chi connectivity index (χ2v) is 7.27. The molecule has 3 aliphatic heterocycles. The van der Waals surface area contributed by atoms with E-state index in [1.807, 2.05) is 36.7 Å². The summed E-state index contributed by atoms with van der Waals surface area (Å²) in [7, 11) is 0. The van der Waals surface area contributed by atoms with E-state index in [1.165, 1.54) is 0 Å². The van der Waals surface area contributed by atoms with Crippen LogP contribution in [0.1, 0.15) is 31.1 Å². The maximum absolute atomic E-state index is 6.22. The molecule has 7 nitrogen and oxygen atoms in total. The highest BCUT2D eigenvalue weighted by Gasteiger charge is 2.59. The molecule has 25 heavy (non-hydrogen) atoms. The van der Waals surface area contributed by atoms with Crippen LogP contribution >= 0.6 is 0 Å². The van der Waals surface area contributed by atoms with Gasteiger partial charge in [-0.25, -0.2) is 4.68 Å². The predicted octanol–water partition coefficient (Wildman–Crippen LogP) is 1.84. The van der Waals surface area contributed by atoms with Crippen molar-refractivity contribution in [2.75, 3.05) is 0 Å². The van der Waals surface area contributed by atoms with Crippen molar-refractivity contribution in [1.82, 2.24) is 15.0 Å². The highest BCUT2D eigenvalue weighted by molar-refractivity contribution is 5.15. The van der Waals surface area contributed by atoms with E-state index in [-0.39, 0.29) is 24.4 Å². The first-order valence-electron chi connectivity index (χ1n) is 8.66. The van der Waals surface area contributed by atoms with Gasteiger partial charge in [-0.15, -0.1) is 5.10 Å². The van der Waals surface area contributed by atoms with Crippen molar-refractivity contribution >= 4 is 0 Å². The predicted molar refractivity (Wildman–Crippen MR) is 86.5 cm³/mol. The monoisotopic (exact) mass is 343 g/mol. The van der Waals surface area contributed by atoms with E-state index in [0.29, 0.717) is 13.0 Å².